The van der Waals surface area contributed by atoms with E-state index < -0.39 is 5.91 Å². The summed E-state index contributed by atoms with van der Waals surface area (Å²) in [6, 6.07) is 4.90. The third kappa shape index (κ3) is 2.72. The van der Waals surface area contributed by atoms with Crippen LogP contribution in [0.4, 0.5) is 0 Å². The molecule has 1 amide bonds. The van der Waals surface area contributed by atoms with Crippen LogP contribution in [-0.2, 0) is 0 Å². The lowest BCUT2D eigenvalue weighted by atomic mass is 10.0. The highest BCUT2D eigenvalue weighted by Crippen LogP contribution is 2.25. The molecule has 0 atom stereocenters. The van der Waals surface area contributed by atoms with Crippen molar-refractivity contribution in [2.45, 2.75) is 19.8 Å². The summed E-state index contributed by atoms with van der Waals surface area (Å²) in [6.45, 7) is 4.02. The molecule has 0 aromatic heterocycles. The molecule has 0 fully saturated rings. The maximum Gasteiger partial charge on any atom is 0.249 e. The van der Waals surface area contributed by atoms with Crippen LogP contribution in [0.2, 0.25) is 5.02 Å². The second kappa shape index (κ2) is 4.82. The van der Waals surface area contributed by atoms with Crippen LogP contribution in [0.5, 0.6) is 0 Å². The highest BCUT2D eigenvalue weighted by Gasteiger charge is 2.09. The number of halogens is 1. The van der Waals surface area contributed by atoms with E-state index in [0.29, 0.717) is 16.5 Å². The van der Waals surface area contributed by atoms with Gasteiger partial charge in [-0.05, 0) is 28.2 Å². The minimum Gasteiger partial charge on any atom is -0.287 e. The van der Waals surface area contributed by atoms with Crippen molar-refractivity contribution < 1.29 is 4.79 Å². The van der Waals surface area contributed by atoms with Gasteiger partial charge in [-0.1, -0.05) is 37.6 Å². The van der Waals surface area contributed by atoms with Gasteiger partial charge in [-0.2, -0.15) is 0 Å². The number of amides is 1. The van der Waals surface area contributed by atoms with Crippen molar-refractivity contribution in [1.29, 1.82) is 0 Å². The summed E-state index contributed by atoms with van der Waals surface area (Å²) in [5.41, 5.74) is 9.39. The quantitative estimate of drug-likeness (QED) is 0.426. The molecule has 0 N–H and O–H groups in total. The summed E-state index contributed by atoms with van der Waals surface area (Å²) in [7, 11) is 0. The first-order valence-electron chi connectivity index (χ1n) is 4.45. The average molecular weight is 224 g/mol. The van der Waals surface area contributed by atoms with E-state index in [0.717, 1.165) is 5.56 Å². The molecule has 1 rings (SSSR count). The summed E-state index contributed by atoms with van der Waals surface area (Å²) in [4.78, 5) is 13.6. The average Bonchev–Trinajstić information content (AvgIpc) is 2.17. The Hall–Kier alpha value is -1.51. The number of azide groups is 1. The van der Waals surface area contributed by atoms with E-state index in [1.165, 1.54) is 6.07 Å². The lowest BCUT2D eigenvalue weighted by molar-refractivity contribution is 0.100. The van der Waals surface area contributed by atoms with Gasteiger partial charge in [0.2, 0.25) is 5.91 Å². The van der Waals surface area contributed by atoms with Crippen molar-refractivity contribution >= 4 is 17.5 Å². The standard InChI is InChI=1S/C10H10ClN3O/c1-6(2)8-4-3-7(5-9(8)11)10(15)13-14-12/h3-6H,1-2H3. The number of hydrogen-bond acceptors (Lipinski definition) is 1. The number of carbonyl (C=O) groups is 1. The molecule has 0 unspecified atom stereocenters. The Morgan fingerprint density at radius 3 is 2.67 bits per heavy atom. The van der Waals surface area contributed by atoms with Crippen LogP contribution in [0, 0.1) is 0 Å². The lowest BCUT2D eigenvalue weighted by Crippen LogP contribution is -1.96. The number of hydrogen-bond donors (Lipinski definition) is 0. The monoisotopic (exact) mass is 223 g/mol. The van der Waals surface area contributed by atoms with Gasteiger partial charge < -0.3 is 0 Å². The fraction of sp³-hybridized carbons (Fsp3) is 0.300. The van der Waals surface area contributed by atoms with Gasteiger partial charge in [0.05, 0.1) is 0 Å². The van der Waals surface area contributed by atoms with Crippen molar-refractivity contribution in [1.82, 2.24) is 0 Å². The molecule has 4 nitrogen and oxygen atoms in total. The molecule has 0 saturated carbocycles. The van der Waals surface area contributed by atoms with Crippen LogP contribution in [-0.4, -0.2) is 5.91 Å². The van der Waals surface area contributed by atoms with E-state index in [9.17, 15) is 4.79 Å². The number of benzene rings is 1. The van der Waals surface area contributed by atoms with Crippen LogP contribution in [0.1, 0.15) is 35.7 Å². The van der Waals surface area contributed by atoms with Crippen LogP contribution >= 0.6 is 11.6 Å². The molecular formula is C10H10ClN3O. The fourth-order valence-electron chi connectivity index (χ4n) is 1.23. The van der Waals surface area contributed by atoms with E-state index in [1.54, 1.807) is 12.1 Å². The third-order valence-corrected chi connectivity index (χ3v) is 2.33. The summed E-state index contributed by atoms with van der Waals surface area (Å²) in [5.74, 6) is -0.323. The Bertz CT molecular complexity index is 436. The van der Waals surface area contributed by atoms with Crippen LogP contribution in [0.3, 0.4) is 0 Å². The summed E-state index contributed by atoms with van der Waals surface area (Å²) < 4.78 is 0. The van der Waals surface area contributed by atoms with Crippen LogP contribution in [0.25, 0.3) is 10.4 Å². The Morgan fingerprint density at radius 2 is 2.20 bits per heavy atom. The largest absolute Gasteiger partial charge is 0.287 e. The van der Waals surface area contributed by atoms with E-state index in [-0.39, 0.29) is 0 Å². The van der Waals surface area contributed by atoms with E-state index in [1.807, 2.05) is 13.8 Å². The Labute approximate surface area is 92.5 Å². The Morgan fingerprint density at radius 1 is 1.53 bits per heavy atom. The third-order valence-electron chi connectivity index (χ3n) is 2.00. The highest BCUT2D eigenvalue weighted by atomic mass is 35.5. The van der Waals surface area contributed by atoms with Crippen LogP contribution < -0.4 is 0 Å². The predicted molar refractivity (Wildman–Crippen MR) is 59.0 cm³/mol. The normalized spacial score (nSPS) is 9.87. The molecule has 0 bridgehead atoms. The summed E-state index contributed by atoms with van der Waals surface area (Å²) in [6.07, 6.45) is 0. The van der Waals surface area contributed by atoms with E-state index >= 15 is 0 Å². The van der Waals surface area contributed by atoms with Gasteiger partial charge >= 0.3 is 0 Å². The predicted octanol–water partition coefficient (Wildman–Crippen LogP) is 3.91. The first kappa shape index (κ1) is 11.6. The molecule has 0 aliphatic carbocycles. The lowest BCUT2D eigenvalue weighted by Gasteiger charge is -2.08. The SMILES string of the molecule is CC(C)c1ccc(C(=O)N=[N+]=[N-])cc1Cl. The van der Waals surface area contributed by atoms with Gasteiger partial charge in [0, 0.05) is 15.5 Å². The molecule has 1 aromatic carbocycles. The molecule has 15 heavy (non-hydrogen) atoms. The second-order valence-corrected chi connectivity index (χ2v) is 3.79. The molecule has 0 aliphatic heterocycles. The summed E-state index contributed by atoms with van der Waals surface area (Å²) in [5, 5.41) is 3.51. The molecule has 78 valence electrons. The van der Waals surface area contributed by atoms with Crippen molar-refractivity contribution in [3.05, 3.63) is 44.8 Å². The van der Waals surface area contributed by atoms with Gasteiger partial charge in [0.1, 0.15) is 0 Å². The highest BCUT2D eigenvalue weighted by molar-refractivity contribution is 6.31. The topological polar surface area (TPSA) is 65.8 Å². The van der Waals surface area contributed by atoms with E-state index in [4.69, 9.17) is 17.1 Å². The first-order valence-corrected chi connectivity index (χ1v) is 4.83. The van der Waals surface area contributed by atoms with E-state index in [2.05, 4.69) is 10.0 Å². The summed E-state index contributed by atoms with van der Waals surface area (Å²) >= 11 is 5.98. The molecule has 0 spiro atoms. The second-order valence-electron chi connectivity index (χ2n) is 3.39. The molecule has 0 heterocycles. The van der Waals surface area contributed by atoms with Crippen molar-refractivity contribution in [2.24, 2.45) is 5.11 Å². The Kier molecular flexibility index (Phi) is 3.72. The molecular weight excluding hydrogens is 214 g/mol. The van der Waals surface area contributed by atoms with Gasteiger partial charge in [0.15, 0.2) is 0 Å². The Balaban J connectivity index is 3.11. The van der Waals surface area contributed by atoms with Gasteiger partial charge in [-0.15, -0.1) is 0 Å². The van der Waals surface area contributed by atoms with Crippen molar-refractivity contribution in [3.8, 4) is 0 Å². The zero-order valence-electron chi connectivity index (χ0n) is 8.44. The first-order chi connectivity index (χ1) is 7.06. The number of nitrogens with zero attached hydrogens (tertiary/aromatic N) is 3. The maximum absolute atomic E-state index is 11.2. The zero-order valence-corrected chi connectivity index (χ0v) is 9.19. The van der Waals surface area contributed by atoms with Crippen molar-refractivity contribution in [2.75, 3.05) is 0 Å². The molecule has 0 radical (unpaired) electrons. The molecule has 0 saturated heterocycles. The zero-order chi connectivity index (χ0) is 11.4. The van der Waals surface area contributed by atoms with Crippen molar-refractivity contribution in [3.63, 3.8) is 0 Å². The number of carbonyl (C=O) groups excluding carboxylic acids is 1. The molecule has 5 heteroatoms. The minimum atomic E-state index is -0.616. The number of rotatable bonds is 2. The minimum absolute atomic E-state index is 0.293. The van der Waals surface area contributed by atoms with Gasteiger partial charge in [-0.3, -0.25) is 4.79 Å². The fourth-order valence-corrected chi connectivity index (χ4v) is 1.63. The molecule has 1 aromatic rings. The smallest absolute Gasteiger partial charge is 0.249 e. The molecule has 0 aliphatic rings. The van der Waals surface area contributed by atoms with Crippen LogP contribution in [0.15, 0.2) is 23.3 Å². The maximum atomic E-state index is 11.2. The van der Waals surface area contributed by atoms with Gasteiger partial charge in [0.25, 0.3) is 0 Å². The van der Waals surface area contributed by atoms with Gasteiger partial charge in [-0.25, -0.2) is 0 Å².